The van der Waals surface area contributed by atoms with E-state index < -0.39 is 17.7 Å². The number of aliphatic hydroxyl groups excluding tert-OH is 1. The molecule has 0 saturated carbocycles. The molecule has 0 amide bonds. The maximum absolute atomic E-state index is 10.8. The van der Waals surface area contributed by atoms with Crippen LogP contribution >= 0.6 is 23.2 Å². The van der Waals surface area contributed by atoms with Crippen LogP contribution in [0.2, 0.25) is 5.02 Å². The van der Waals surface area contributed by atoms with E-state index in [0.29, 0.717) is 10.8 Å². The van der Waals surface area contributed by atoms with E-state index >= 15 is 0 Å². The maximum Gasteiger partial charge on any atom is 0.219 e. The first-order valence-electron chi connectivity index (χ1n) is 8.51. The highest BCUT2D eigenvalue weighted by atomic mass is 35.5. The number of hydrogen-bond donors (Lipinski definition) is 1. The van der Waals surface area contributed by atoms with Crippen molar-refractivity contribution >= 4 is 23.2 Å². The zero-order valence-corrected chi connectivity index (χ0v) is 16.6. The average Bonchev–Trinajstić information content (AvgIpc) is 3.21. The molecule has 2 aromatic carbocycles. The van der Waals surface area contributed by atoms with Gasteiger partial charge >= 0.3 is 0 Å². The molecule has 3 rings (SSSR count). The van der Waals surface area contributed by atoms with E-state index in [0.717, 1.165) is 11.1 Å². The predicted octanol–water partition coefficient (Wildman–Crippen LogP) is 4.80. The van der Waals surface area contributed by atoms with Crippen LogP contribution in [0.3, 0.4) is 0 Å². The number of benzene rings is 2. The van der Waals surface area contributed by atoms with E-state index in [2.05, 4.69) is 10.1 Å². The van der Waals surface area contributed by atoms with Crippen LogP contribution in [0.4, 0.5) is 0 Å². The van der Waals surface area contributed by atoms with Crippen LogP contribution in [0, 0.1) is 5.41 Å². The molecule has 7 heteroatoms. The van der Waals surface area contributed by atoms with Gasteiger partial charge < -0.3 is 9.84 Å². The number of alkyl halides is 1. The summed E-state index contributed by atoms with van der Waals surface area (Å²) in [5, 5.41) is 15.6. The van der Waals surface area contributed by atoms with Gasteiger partial charge in [0, 0.05) is 16.3 Å². The molecule has 0 radical (unpaired) electrons. The molecule has 0 aliphatic rings. The van der Waals surface area contributed by atoms with Gasteiger partial charge in [0.2, 0.25) is 6.23 Å². The normalized spacial score (nSPS) is 14.0. The molecular formula is C20H21Cl2N3O2. The van der Waals surface area contributed by atoms with E-state index in [9.17, 15) is 5.11 Å². The lowest BCUT2D eigenvalue weighted by Crippen LogP contribution is -2.41. The third-order valence-electron chi connectivity index (χ3n) is 4.40. The average molecular weight is 406 g/mol. The van der Waals surface area contributed by atoms with Gasteiger partial charge in [-0.3, -0.25) is 0 Å². The monoisotopic (exact) mass is 405 g/mol. The molecule has 142 valence electrons. The minimum Gasteiger partial charge on any atom is -0.466 e. The lowest BCUT2D eigenvalue weighted by Gasteiger charge is -2.34. The van der Waals surface area contributed by atoms with Crippen molar-refractivity contribution in [3.05, 3.63) is 66.2 Å². The number of aliphatic hydroxyl groups is 1. The van der Waals surface area contributed by atoms with E-state index in [1.165, 1.54) is 17.3 Å². The molecule has 3 aromatic rings. The zero-order chi connectivity index (χ0) is 19.4. The molecule has 0 spiro atoms. The van der Waals surface area contributed by atoms with Crippen molar-refractivity contribution in [3.63, 3.8) is 0 Å². The Balaban J connectivity index is 1.82. The number of halogens is 2. The van der Waals surface area contributed by atoms with E-state index in [1.807, 2.05) is 62.4 Å². The summed E-state index contributed by atoms with van der Waals surface area (Å²) in [7, 11) is 0. The topological polar surface area (TPSA) is 60.2 Å². The van der Waals surface area contributed by atoms with Gasteiger partial charge in [-0.1, -0.05) is 49.7 Å². The first-order valence-corrected chi connectivity index (χ1v) is 9.43. The maximum atomic E-state index is 10.8. The number of ether oxygens (including phenoxy) is 1. The van der Waals surface area contributed by atoms with Crippen molar-refractivity contribution in [2.45, 2.75) is 26.2 Å². The molecular weight excluding hydrogens is 385 g/mol. The van der Waals surface area contributed by atoms with Crippen molar-refractivity contribution in [1.29, 1.82) is 0 Å². The molecule has 0 aliphatic carbocycles. The SMILES string of the molecule is CC(C)(CCl)C(O)C(Oc1ccc(-c2ccc(Cl)cc2)cc1)n1cncn1. The molecule has 5 nitrogen and oxygen atoms in total. The van der Waals surface area contributed by atoms with Gasteiger partial charge in [0.05, 0.1) is 0 Å². The Kier molecular flexibility index (Phi) is 6.05. The molecule has 27 heavy (non-hydrogen) atoms. The van der Waals surface area contributed by atoms with Gasteiger partial charge in [-0.2, -0.15) is 5.10 Å². The van der Waals surface area contributed by atoms with Crippen LogP contribution in [-0.2, 0) is 0 Å². The number of nitrogens with zero attached hydrogens (tertiary/aromatic N) is 3. The fourth-order valence-corrected chi connectivity index (χ4v) is 2.87. The van der Waals surface area contributed by atoms with E-state index in [-0.39, 0.29) is 5.88 Å². The van der Waals surface area contributed by atoms with Crippen molar-refractivity contribution in [3.8, 4) is 16.9 Å². The Labute approximate surface area is 168 Å². The quantitative estimate of drug-likeness (QED) is 0.573. The summed E-state index contributed by atoms with van der Waals surface area (Å²) >= 11 is 12.0. The van der Waals surface area contributed by atoms with E-state index in [4.69, 9.17) is 27.9 Å². The van der Waals surface area contributed by atoms with Crippen LogP contribution in [0.1, 0.15) is 20.1 Å². The smallest absolute Gasteiger partial charge is 0.219 e. The van der Waals surface area contributed by atoms with E-state index in [1.54, 1.807) is 0 Å². The van der Waals surface area contributed by atoms with Crippen molar-refractivity contribution in [2.24, 2.45) is 5.41 Å². The summed E-state index contributed by atoms with van der Waals surface area (Å²) in [6.07, 6.45) is 1.29. The Bertz CT molecular complexity index is 850. The van der Waals surface area contributed by atoms with Gasteiger partial charge in [0.15, 0.2) is 0 Å². The number of hydrogen-bond acceptors (Lipinski definition) is 4. The van der Waals surface area contributed by atoms with Crippen LogP contribution in [0.15, 0.2) is 61.2 Å². The standard InChI is InChI=1S/C20H21Cl2N3O2/c1-20(2,11-21)18(26)19(25-13-23-12-24-25)27-17-9-5-15(6-10-17)14-3-7-16(22)8-4-14/h3-10,12-13,18-19,26H,11H2,1-2H3. The summed E-state index contributed by atoms with van der Waals surface area (Å²) in [5.74, 6) is 0.885. The zero-order valence-electron chi connectivity index (χ0n) is 15.1. The van der Waals surface area contributed by atoms with Crippen molar-refractivity contribution in [1.82, 2.24) is 14.8 Å². The first-order chi connectivity index (χ1) is 12.9. The van der Waals surface area contributed by atoms with Gasteiger partial charge in [-0.05, 0) is 35.4 Å². The predicted molar refractivity (Wildman–Crippen MR) is 107 cm³/mol. The van der Waals surface area contributed by atoms with Crippen LogP contribution in [0.5, 0.6) is 5.75 Å². The number of aromatic nitrogens is 3. The second-order valence-corrected chi connectivity index (χ2v) is 7.69. The fourth-order valence-electron chi connectivity index (χ4n) is 2.58. The van der Waals surface area contributed by atoms with Crippen molar-refractivity contribution < 1.29 is 9.84 Å². The Morgan fingerprint density at radius 1 is 1.07 bits per heavy atom. The Morgan fingerprint density at radius 3 is 2.19 bits per heavy atom. The molecule has 2 unspecified atom stereocenters. The highest BCUT2D eigenvalue weighted by Gasteiger charge is 2.37. The highest BCUT2D eigenvalue weighted by Crippen LogP contribution is 2.32. The lowest BCUT2D eigenvalue weighted by atomic mass is 9.87. The van der Waals surface area contributed by atoms with Crippen molar-refractivity contribution in [2.75, 3.05) is 5.88 Å². The minimum atomic E-state index is -0.882. The molecule has 0 fully saturated rings. The van der Waals surface area contributed by atoms with Gasteiger partial charge in [0.25, 0.3) is 0 Å². The summed E-state index contributed by atoms with van der Waals surface area (Å²) < 4.78 is 7.54. The van der Waals surface area contributed by atoms with Gasteiger partial charge in [-0.25, -0.2) is 9.67 Å². The Hall–Kier alpha value is -2.08. The summed E-state index contributed by atoms with van der Waals surface area (Å²) in [4.78, 5) is 3.95. The summed E-state index contributed by atoms with van der Waals surface area (Å²) in [6.45, 7) is 3.75. The Morgan fingerprint density at radius 2 is 1.67 bits per heavy atom. The first kappa shape index (κ1) is 19.7. The molecule has 0 bridgehead atoms. The van der Waals surface area contributed by atoms with Crippen LogP contribution in [0.25, 0.3) is 11.1 Å². The second kappa shape index (κ2) is 8.30. The third-order valence-corrected chi connectivity index (χ3v) is 5.34. The van der Waals surface area contributed by atoms with Gasteiger partial charge in [0.1, 0.15) is 24.5 Å². The minimum absolute atomic E-state index is 0.276. The van der Waals surface area contributed by atoms with Crippen LogP contribution in [-0.4, -0.2) is 31.9 Å². The highest BCUT2D eigenvalue weighted by molar-refractivity contribution is 6.30. The van der Waals surface area contributed by atoms with Crippen LogP contribution < -0.4 is 4.74 Å². The summed E-state index contributed by atoms with van der Waals surface area (Å²) in [5.41, 5.74) is 1.53. The third kappa shape index (κ3) is 4.61. The molecule has 1 aromatic heterocycles. The fraction of sp³-hybridized carbons (Fsp3) is 0.300. The molecule has 2 atom stereocenters. The molecule has 1 heterocycles. The molecule has 0 saturated heterocycles. The summed E-state index contributed by atoms with van der Waals surface area (Å²) in [6, 6.07) is 15.3. The lowest BCUT2D eigenvalue weighted by molar-refractivity contribution is -0.0718. The molecule has 0 aliphatic heterocycles. The molecule has 1 N–H and O–H groups in total. The largest absolute Gasteiger partial charge is 0.466 e. The van der Waals surface area contributed by atoms with Gasteiger partial charge in [-0.15, -0.1) is 11.6 Å². The second-order valence-electron chi connectivity index (χ2n) is 6.98. The number of rotatable bonds is 7.